The molecule has 10 N–H and O–H groups in total. The maximum absolute atomic E-state index is 8.70. The quantitative estimate of drug-likeness (QED) is 0.349. The van der Waals surface area contributed by atoms with Gasteiger partial charge in [-0.1, -0.05) is 4.57 Å². The Bertz CT molecular complexity index is 71.7. The van der Waals surface area contributed by atoms with Gasteiger partial charge in [0.1, 0.15) is 0 Å². The topological polar surface area (TPSA) is 194 Å². The van der Waals surface area contributed by atoms with Crippen LogP contribution in [-0.2, 0) is 9.13 Å². The Kier molecular flexibility index (Phi) is 36.0. The molecule has 0 aliphatic rings. The number of hydrogen-bond acceptors (Lipinski definition) is 4. The van der Waals surface area contributed by atoms with Crippen LogP contribution in [0.2, 0.25) is 0 Å². The summed E-state index contributed by atoms with van der Waals surface area (Å²) in [6.45, 7) is 0. The Labute approximate surface area is 58.6 Å². The summed E-state index contributed by atoms with van der Waals surface area (Å²) in [4.78, 5) is 31.2. The second-order valence-corrected chi connectivity index (χ2v) is 1.43. The van der Waals surface area contributed by atoms with E-state index in [9.17, 15) is 0 Å². The zero-order chi connectivity index (χ0) is 7.15. The largest absolute Gasteiger partial charge is 0.692 e. The smallest absolute Gasteiger partial charge is 0.598 e. The minimum atomic E-state index is -3.37. The Morgan fingerprint density at radius 3 is 1.00 bits per heavy atom. The molecule has 0 saturated carbocycles. The van der Waals surface area contributed by atoms with Gasteiger partial charge in [0.2, 0.25) is 0 Å². The molecule has 0 unspecified atom stereocenters. The van der Waals surface area contributed by atoms with Crippen molar-refractivity contribution in [2.24, 2.45) is 0 Å². The van der Waals surface area contributed by atoms with E-state index in [1.54, 1.807) is 0 Å². The van der Waals surface area contributed by atoms with Crippen LogP contribution in [0.3, 0.4) is 0 Å². The highest BCUT2D eigenvalue weighted by Crippen LogP contribution is 1.98. The van der Waals surface area contributed by atoms with Gasteiger partial charge >= 0.3 is 8.25 Å². The fraction of sp³-hybridized carbons (Fsp3) is 0. The van der Waals surface area contributed by atoms with Gasteiger partial charge in [0.15, 0.2) is 0 Å². The molecule has 0 amide bonds. The number of rotatable bonds is 0. The van der Waals surface area contributed by atoms with Gasteiger partial charge in [0, 0.05) is 4.57 Å². The third-order valence-corrected chi connectivity index (χ3v) is 0. The molecule has 0 fully saturated rings. The van der Waals surface area contributed by atoms with Crippen molar-refractivity contribution in [3.8, 4) is 0 Å². The van der Waals surface area contributed by atoms with Gasteiger partial charge in [0.05, 0.1) is 0 Å². The molecule has 0 bridgehead atoms. The van der Waals surface area contributed by atoms with Crippen LogP contribution in [0.5, 0.6) is 0 Å². The Hall–Kier alpha value is -0.0400. The van der Waals surface area contributed by atoms with E-state index in [-0.39, 0.29) is 12.3 Å². The lowest BCUT2D eigenvalue weighted by atomic mass is 14.0. The molecule has 0 atom stereocenters. The molecule has 10 heteroatoms. The lowest BCUT2D eigenvalue weighted by Crippen LogP contribution is -1.97. The molecule has 0 aliphatic heterocycles. The van der Waals surface area contributed by atoms with Crippen molar-refractivity contribution in [2.45, 2.75) is 0 Å². The van der Waals surface area contributed by atoms with Crippen LogP contribution >= 0.6 is 16.5 Å². The first kappa shape index (κ1) is 22.5. The molecule has 0 aromatic rings. The molecular weight excluding hydrogens is 186 g/mol. The van der Waals surface area contributed by atoms with Crippen molar-refractivity contribution in [3.05, 3.63) is 0 Å². The van der Waals surface area contributed by atoms with Gasteiger partial charge in [0.25, 0.3) is 8.25 Å². The first-order chi connectivity index (χ1) is 3.46. The van der Waals surface area contributed by atoms with Gasteiger partial charge in [-0.25, -0.2) is 0 Å². The van der Waals surface area contributed by atoms with E-state index < -0.39 is 16.5 Å². The minimum Gasteiger partial charge on any atom is -0.598 e. The molecule has 0 spiro atoms. The van der Waals surface area contributed by atoms with E-state index in [1.807, 2.05) is 0 Å². The maximum Gasteiger partial charge on any atom is 0.692 e. The van der Waals surface area contributed by atoms with E-state index >= 15 is 0 Å². The fourth-order valence-corrected chi connectivity index (χ4v) is 0. The average molecular weight is 196 g/mol. The normalized spacial score (nSPS) is 5.20. The molecule has 0 aliphatic carbocycles. The molecule has 0 aromatic heterocycles. The predicted octanol–water partition coefficient (Wildman–Crippen LogP) is -1.25. The molecule has 0 saturated heterocycles. The minimum absolute atomic E-state index is 0. The van der Waals surface area contributed by atoms with Crippen molar-refractivity contribution in [1.82, 2.24) is 12.3 Å². The summed E-state index contributed by atoms with van der Waals surface area (Å²) in [5.41, 5.74) is 0. The highest BCUT2D eigenvalue weighted by Gasteiger charge is 1.93. The van der Waals surface area contributed by atoms with Crippen LogP contribution in [0.25, 0.3) is 0 Å². The molecule has 10 heavy (non-hydrogen) atoms. The fourth-order valence-electron chi connectivity index (χ4n) is 0. The summed E-state index contributed by atoms with van der Waals surface area (Å²) in [7, 11) is -6.24. The predicted molar refractivity (Wildman–Crippen MR) is 31.6 cm³/mol. The summed E-state index contributed by atoms with van der Waals surface area (Å²) < 4.78 is 17.2. The van der Waals surface area contributed by atoms with Crippen molar-refractivity contribution < 1.29 is 28.7 Å². The van der Waals surface area contributed by atoms with E-state index in [4.69, 9.17) is 28.7 Å². The third-order valence-electron chi connectivity index (χ3n) is 0. The molecule has 0 aromatic carbocycles. The lowest BCUT2D eigenvalue weighted by Gasteiger charge is -1.75. The van der Waals surface area contributed by atoms with Crippen molar-refractivity contribution >= 4 is 16.5 Å². The number of quaternary nitrogens is 2. The van der Waals surface area contributed by atoms with Gasteiger partial charge in [-0.3, -0.25) is 0 Å². The first-order valence-corrected chi connectivity index (χ1v) is 3.39. The van der Waals surface area contributed by atoms with Crippen LogP contribution in [0.4, 0.5) is 0 Å². The van der Waals surface area contributed by atoms with Gasteiger partial charge < -0.3 is 22.1 Å². The molecular formula is H10N2O6P2+2. The van der Waals surface area contributed by atoms with Crippen molar-refractivity contribution in [3.63, 3.8) is 0 Å². The van der Waals surface area contributed by atoms with Crippen LogP contribution in [-0.4, -0.2) is 9.79 Å². The van der Waals surface area contributed by atoms with E-state index in [0.29, 0.717) is 0 Å². The summed E-state index contributed by atoms with van der Waals surface area (Å²) in [6, 6.07) is 0. The van der Waals surface area contributed by atoms with E-state index in [1.165, 1.54) is 0 Å². The zero-order valence-corrected chi connectivity index (χ0v) is 7.21. The first-order valence-electron chi connectivity index (χ1n) is 1.13. The molecule has 8 nitrogen and oxygen atoms in total. The zero-order valence-electron chi connectivity index (χ0n) is 5.42. The second kappa shape index (κ2) is 16.0. The summed E-state index contributed by atoms with van der Waals surface area (Å²) in [6.07, 6.45) is 0. The number of hydrogen-bond donors (Lipinski definition) is 4. The Morgan fingerprint density at radius 1 is 1.00 bits per heavy atom. The SMILES string of the molecule is O=[P+](O)O.O=[P+]([O-])[O-].[NH4+].[NH4+]. The second-order valence-electron chi connectivity index (χ2n) is 0.476. The van der Waals surface area contributed by atoms with Gasteiger partial charge in [-0.2, -0.15) is 0 Å². The van der Waals surface area contributed by atoms with E-state index in [2.05, 4.69) is 0 Å². The highest BCUT2D eigenvalue weighted by atomic mass is 31.1. The van der Waals surface area contributed by atoms with Crippen LogP contribution in [0.15, 0.2) is 0 Å². The van der Waals surface area contributed by atoms with Gasteiger partial charge in [-0.05, 0) is 0 Å². The molecule has 0 heterocycles. The molecule has 0 radical (unpaired) electrons. The molecule has 0 rings (SSSR count). The summed E-state index contributed by atoms with van der Waals surface area (Å²) in [5, 5.41) is 0. The molecule has 64 valence electrons. The van der Waals surface area contributed by atoms with Crippen LogP contribution < -0.4 is 22.1 Å². The van der Waals surface area contributed by atoms with Crippen molar-refractivity contribution in [2.75, 3.05) is 0 Å². The third kappa shape index (κ3) is 241000. The average Bonchev–Trinajstić information content (AvgIpc) is 1.25. The van der Waals surface area contributed by atoms with Crippen LogP contribution in [0, 0.1) is 0 Å². The highest BCUT2D eigenvalue weighted by molar-refractivity contribution is 7.30. The van der Waals surface area contributed by atoms with Gasteiger partial charge in [-0.15, -0.1) is 9.79 Å². The van der Waals surface area contributed by atoms with E-state index in [0.717, 1.165) is 0 Å². The standard InChI is InChI=1S/2H3N.2HO3P/c;;2*1-4(2)3/h2*1H3;(H-,1,2,3);(H,1,2,3)/p+2. The monoisotopic (exact) mass is 196 g/mol. The summed E-state index contributed by atoms with van der Waals surface area (Å²) >= 11 is 0. The van der Waals surface area contributed by atoms with Crippen LogP contribution in [0.1, 0.15) is 0 Å². The Morgan fingerprint density at radius 2 is 1.00 bits per heavy atom. The Balaban J connectivity index is -0.0000000300. The van der Waals surface area contributed by atoms with Crippen molar-refractivity contribution in [1.29, 1.82) is 0 Å². The maximum atomic E-state index is 8.70. The lowest BCUT2D eigenvalue weighted by molar-refractivity contribution is -0.297. The summed E-state index contributed by atoms with van der Waals surface area (Å²) in [5.74, 6) is 0.